The van der Waals surface area contributed by atoms with E-state index in [1.807, 2.05) is 36.4 Å². The molecule has 148 valence electrons. The van der Waals surface area contributed by atoms with E-state index in [-0.39, 0.29) is 24.2 Å². The van der Waals surface area contributed by atoms with E-state index in [0.29, 0.717) is 22.3 Å². The molecule has 8 nitrogen and oxygen atoms in total. The fourth-order valence-corrected chi connectivity index (χ4v) is 3.78. The van der Waals surface area contributed by atoms with Gasteiger partial charge in [0.25, 0.3) is 0 Å². The number of hydrogen-bond donors (Lipinski definition) is 2. The van der Waals surface area contributed by atoms with Crippen LogP contribution in [0, 0.1) is 0 Å². The van der Waals surface area contributed by atoms with E-state index in [9.17, 15) is 9.59 Å². The molecule has 2 aromatic carbocycles. The van der Waals surface area contributed by atoms with Crippen LogP contribution < -0.4 is 15.4 Å². The fourth-order valence-electron chi connectivity index (χ4n) is 3.00. The summed E-state index contributed by atoms with van der Waals surface area (Å²) in [6.07, 6.45) is -0.0138. The lowest BCUT2D eigenvalue weighted by atomic mass is 10.1. The van der Waals surface area contributed by atoms with Crippen LogP contribution in [0.4, 0.5) is 11.6 Å². The van der Waals surface area contributed by atoms with Crippen molar-refractivity contribution in [3.8, 4) is 5.75 Å². The Morgan fingerprint density at radius 1 is 1.24 bits per heavy atom. The molecule has 0 aliphatic carbocycles. The summed E-state index contributed by atoms with van der Waals surface area (Å²) in [4.78, 5) is 29.4. The molecule has 0 bridgehead atoms. The molecule has 2 N–H and O–H groups in total. The monoisotopic (exact) mass is 409 g/mol. The van der Waals surface area contributed by atoms with E-state index in [0.717, 1.165) is 5.56 Å². The number of benzene rings is 2. The van der Waals surface area contributed by atoms with Gasteiger partial charge in [-0.25, -0.2) is 4.68 Å². The van der Waals surface area contributed by atoms with E-state index in [2.05, 4.69) is 20.7 Å². The number of thioether (sulfide) groups is 1. The molecule has 1 aromatic heterocycles. The number of carbonyl (C=O) groups is 2. The zero-order chi connectivity index (χ0) is 20.2. The van der Waals surface area contributed by atoms with Crippen LogP contribution in [0.15, 0.2) is 59.8 Å². The molecule has 2 amide bonds. The van der Waals surface area contributed by atoms with Gasteiger partial charge in [0, 0.05) is 5.75 Å². The zero-order valence-electron chi connectivity index (χ0n) is 15.7. The van der Waals surface area contributed by atoms with Gasteiger partial charge in [-0.3, -0.25) is 14.9 Å². The van der Waals surface area contributed by atoms with Crippen molar-refractivity contribution < 1.29 is 14.3 Å². The molecule has 0 unspecified atom stereocenters. The smallest absolute Gasteiger partial charge is 0.250 e. The van der Waals surface area contributed by atoms with Crippen LogP contribution in [0.1, 0.15) is 18.0 Å². The van der Waals surface area contributed by atoms with E-state index in [1.54, 1.807) is 18.2 Å². The molecule has 0 spiro atoms. The largest absolute Gasteiger partial charge is 0.495 e. The number of amides is 2. The van der Waals surface area contributed by atoms with Crippen LogP contribution in [0.2, 0.25) is 0 Å². The van der Waals surface area contributed by atoms with Crippen molar-refractivity contribution in [2.24, 2.45) is 0 Å². The molecule has 2 heterocycles. The molecule has 0 saturated heterocycles. The number of fused-ring (bicyclic) bond motifs is 1. The van der Waals surface area contributed by atoms with Crippen LogP contribution in [-0.4, -0.2) is 33.7 Å². The summed E-state index contributed by atoms with van der Waals surface area (Å²) < 4.78 is 6.74. The SMILES string of the molecule is COc1ccccc1NC(=O)[C@H]1CC(=O)Nc2nc(SCc3ccccc3)nn21. The van der Waals surface area contributed by atoms with Gasteiger partial charge in [-0.1, -0.05) is 54.2 Å². The fraction of sp³-hybridized carbons (Fsp3) is 0.200. The summed E-state index contributed by atoms with van der Waals surface area (Å²) in [5.74, 6) is 0.881. The van der Waals surface area contributed by atoms with Gasteiger partial charge in [-0.15, -0.1) is 5.10 Å². The first-order valence-electron chi connectivity index (χ1n) is 9.01. The molecule has 3 aromatic rings. The zero-order valence-corrected chi connectivity index (χ0v) is 16.5. The highest BCUT2D eigenvalue weighted by atomic mass is 32.2. The predicted molar refractivity (Wildman–Crippen MR) is 110 cm³/mol. The van der Waals surface area contributed by atoms with Crippen molar-refractivity contribution >= 4 is 35.2 Å². The van der Waals surface area contributed by atoms with Gasteiger partial charge < -0.3 is 10.1 Å². The van der Waals surface area contributed by atoms with Crippen molar-refractivity contribution in [3.05, 3.63) is 60.2 Å². The maximum absolute atomic E-state index is 12.9. The summed E-state index contributed by atoms with van der Waals surface area (Å²) in [6, 6.07) is 16.3. The number of para-hydroxylation sites is 2. The summed E-state index contributed by atoms with van der Waals surface area (Å²) in [7, 11) is 1.53. The van der Waals surface area contributed by atoms with E-state index < -0.39 is 6.04 Å². The number of carbonyl (C=O) groups excluding carboxylic acids is 2. The molecule has 0 radical (unpaired) electrons. The van der Waals surface area contributed by atoms with E-state index in [1.165, 1.54) is 23.6 Å². The highest BCUT2D eigenvalue weighted by Crippen LogP contribution is 2.30. The molecule has 0 saturated carbocycles. The Kier molecular flexibility index (Phi) is 5.48. The first-order chi connectivity index (χ1) is 14.1. The van der Waals surface area contributed by atoms with E-state index >= 15 is 0 Å². The predicted octanol–water partition coefficient (Wildman–Crippen LogP) is 3.10. The molecule has 1 atom stereocenters. The first kappa shape index (κ1) is 19.0. The normalized spacial score (nSPS) is 15.3. The van der Waals surface area contributed by atoms with Crippen molar-refractivity contribution in [2.45, 2.75) is 23.4 Å². The Bertz CT molecular complexity index is 1040. The minimum atomic E-state index is -0.790. The molecular weight excluding hydrogens is 390 g/mol. The van der Waals surface area contributed by atoms with Crippen LogP contribution in [-0.2, 0) is 15.3 Å². The van der Waals surface area contributed by atoms with Crippen molar-refractivity contribution in [1.29, 1.82) is 0 Å². The molecule has 4 rings (SSSR count). The Hall–Kier alpha value is -3.33. The van der Waals surface area contributed by atoms with Crippen LogP contribution in [0.25, 0.3) is 0 Å². The van der Waals surface area contributed by atoms with Gasteiger partial charge in [0.1, 0.15) is 11.8 Å². The lowest BCUT2D eigenvalue weighted by Crippen LogP contribution is -2.36. The van der Waals surface area contributed by atoms with Crippen molar-refractivity contribution in [2.75, 3.05) is 17.7 Å². The van der Waals surface area contributed by atoms with Crippen LogP contribution in [0.5, 0.6) is 5.75 Å². The summed E-state index contributed by atoms with van der Waals surface area (Å²) in [6.45, 7) is 0. The number of methoxy groups -OCH3 is 1. The summed E-state index contributed by atoms with van der Waals surface area (Å²) in [5, 5.41) is 10.5. The lowest BCUT2D eigenvalue weighted by Gasteiger charge is -2.22. The number of aromatic nitrogens is 3. The van der Waals surface area contributed by atoms with Gasteiger partial charge in [-0.05, 0) is 17.7 Å². The Morgan fingerprint density at radius 2 is 2.00 bits per heavy atom. The average molecular weight is 409 g/mol. The van der Waals surface area contributed by atoms with Gasteiger partial charge >= 0.3 is 0 Å². The van der Waals surface area contributed by atoms with Gasteiger partial charge in [0.2, 0.25) is 22.9 Å². The molecule has 0 fully saturated rings. The Morgan fingerprint density at radius 3 is 2.79 bits per heavy atom. The number of hydrogen-bond acceptors (Lipinski definition) is 6. The van der Waals surface area contributed by atoms with Crippen molar-refractivity contribution in [1.82, 2.24) is 14.8 Å². The molecule has 1 aliphatic rings. The van der Waals surface area contributed by atoms with Gasteiger partial charge in [0.15, 0.2) is 0 Å². The lowest BCUT2D eigenvalue weighted by molar-refractivity contribution is -0.125. The Labute approximate surface area is 171 Å². The third kappa shape index (κ3) is 4.24. The highest BCUT2D eigenvalue weighted by Gasteiger charge is 2.33. The number of anilines is 2. The minimum absolute atomic E-state index is 0.0138. The highest BCUT2D eigenvalue weighted by molar-refractivity contribution is 7.98. The second-order valence-corrected chi connectivity index (χ2v) is 7.34. The maximum Gasteiger partial charge on any atom is 0.250 e. The maximum atomic E-state index is 12.9. The Balaban J connectivity index is 1.53. The van der Waals surface area contributed by atoms with E-state index in [4.69, 9.17) is 4.74 Å². The van der Waals surface area contributed by atoms with Crippen molar-refractivity contribution in [3.63, 3.8) is 0 Å². The molecular formula is C20H19N5O3S. The second kappa shape index (κ2) is 8.36. The number of nitrogens with one attached hydrogen (secondary N) is 2. The third-order valence-corrected chi connectivity index (χ3v) is 5.32. The standard InChI is InChI=1S/C20H19N5O3S/c1-28-16-10-6-5-9-14(16)21-18(27)15-11-17(26)22-19-23-20(24-25(15)19)29-12-13-7-3-2-4-8-13/h2-10,15H,11-12H2,1H3,(H,21,27)(H,22,23,24,26)/t15-/m1/s1. The summed E-state index contributed by atoms with van der Waals surface area (Å²) in [5.41, 5.74) is 1.67. The number of ether oxygens (including phenoxy) is 1. The minimum Gasteiger partial charge on any atom is -0.495 e. The first-order valence-corrected chi connectivity index (χ1v) is 9.99. The van der Waals surface area contributed by atoms with Gasteiger partial charge in [-0.2, -0.15) is 4.98 Å². The van der Waals surface area contributed by atoms with Crippen LogP contribution in [0.3, 0.4) is 0 Å². The third-order valence-electron chi connectivity index (χ3n) is 4.42. The quantitative estimate of drug-likeness (QED) is 0.607. The topological polar surface area (TPSA) is 98.1 Å². The number of nitrogens with zero attached hydrogens (tertiary/aromatic N) is 3. The number of rotatable bonds is 6. The summed E-state index contributed by atoms with van der Waals surface area (Å²) >= 11 is 1.45. The molecule has 29 heavy (non-hydrogen) atoms. The van der Waals surface area contributed by atoms with Crippen LogP contribution >= 0.6 is 11.8 Å². The molecule has 1 aliphatic heterocycles. The molecule has 9 heteroatoms. The van der Waals surface area contributed by atoms with Gasteiger partial charge in [0.05, 0.1) is 19.2 Å². The second-order valence-electron chi connectivity index (χ2n) is 6.39. The average Bonchev–Trinajstić information content (AvgIpc) is 3.15.